The van der Waals surface area contributed by atoms with Gasteiger partial charge in [-0.15, -0.1) is 0 Å². The predicted octanol–water partition coefficient (Wildman–Crippen LogP) is 2.07. The van der Waals surface area contributed by atoms with Crippen LogP contribution in [-0.2, 0) is 0 Å². The third kappa shape index (κ3) is 3.73. The van der Waals surface area contributed by atoms with Gasteiger partial charge in [0.1, 0.15) is 0 Å². The van der Waals surface area contributed by atoms with Crippen LogP contribution in [0.2, 0.25) is 0 Å². The van der Waals surface area contributed by atoms with E-state index in [4.69, 9.17) is 5.26 Å². The summed E-state index contributed by atoms with van der Waals surface area (Å²) in [4.78, 5) is 0. The zero-order chi connectivity index (χ0) is 8.65. The van der Waals surface area contributed by atoms with Crippen LogP contribution in [0.3, 0.4) is 0 Å². The van der Waals surface area contributed by atoms with Gasteiger partial charge in [-0.05, 0) is 18.9 Å². The van der Waals surface area contributed by atoms with Crippen molar-refractivity contribution in [2.24, 2.45) is 5.92 Å². The number of nitrogens with one attached hydrogen (secondary N) is 1. The third-order valence-electron chi connectivity index (χ3n) is 2.62. The highest BCUT2D eigenvalue weighted by Gasteiger charge is 2.13. The van der Waals surface area contributed by atoms with E-state index in [-0.39, 0.29) is 0 Å². The van der Waals surface area contributed by atoms with Gasteiger partial charge in [0.05, 0.1) is 6.07 Å². The largest absolute Gasteiger partial charge is 0.316 e. The molecule has 1 aliphatic rings. The molecule has 0 aromatic carbocycles. The van der Waals surface area contributed by atoms with Crippen LogP contribution >= 0.6 is 0 Å². The molecule has 0 aromatic heterocycles. The van der Waals surface area contributed by atoms with Crippen LogP contribution in [0, 0.1) is 17.2 Å². The average molecular weight is 166 g/mol. The maximum absolute atomic E-state index is 8.29. The van der Waals surface area contributed by atoms with E-state index in [9.17, 15) is 0 Å². The fourth-order valence-electron chi connectivity index (χ4n) is 1.87. The van der Waals surface area contributed by atoms with Gasteiger partial charge in [-0.2, -0.15) is 5.26 Å². The van der Waals surface area contributed by atoms with E-state index in [1.165, 1.54) is 32.1 Å². The molecule has 1 aliphatic carbocycles. The lowest BCUT2D eigenvalue weighted by molar-refractivity contribution is 0.480. The second-order valence-corrected chi connectivity index (χ2v) is 3.60. The molecular formula is C10H18N2. The Morgan fingerprint density at radius 3 is 2.67 bits per heavy atom. The molecule has 0 atom stereocenters. The Kier molecular flexibility index (Phi) is 4.79. The van der Waals surface area contributed by atoms with Gasteiger partial charge in [0.2, 0.25) is 0 Å². The molecule has 0 saturated heterocycles. The highest BCUT2D eigenvalue weighted by molar-refractivity contribution is 4.71. The Hall–Kier alpha value is -0.550. The summed E-state index contributed by atoms with van der Waals surface area (Å²) >= 11 is 0. The van der Waals surface area contributed by atoms with Gasteiger partial charge in [-0.1, -0.05) is 25.7 Å². The molecule has 1 saturated carbocycles. The van der Waals surface area contributed by atoms with Crippen LogP contribution in [-0.4, -0.2) is 13.1 Å². The van der Waals surface area contributed by atoms with E-state index >= 15 is 0 Å². The molecule has 2 heteroatoms. The summed E-state index contributed by atoms with van der Waals surface area (Å²) in [5, 5.41) is 11.6. The van der Waals surface area contributed by atoms with Crippen molar-refractivity contribution in [1.82, 2.24) is 5.32 Å². The van der Waals surface area contributed by atoms with Crippen LogP contribution in [0.15, 0.2) is 0 Å². The number of hydrogen-bond acceptors (Lipinski definition) is 2. The molecule has 0 bridgehead atoms. The molecule has 1 fully saturated rings. The molecule has 0 unspecified atom stereocenters. The molecule has 0 radical (unpaired) electrons. The van der Waals surface area contributed by atoms with Crippen molar-refractivity contribution in [3.63, 3.8) is 0 Å². The van der Waals surface area contributed by atoms with Crippen molar-refractivity contribution in [2.45, 2.75) is 38.5 Å². The van der Waals surface area contributed by atoms with E-state index in [1.54, 1.807) is 0 Å². The normalized spacial score (nSPS) is 17.9. The second kappa shape index (κ2) is 6.02. The fraction of sp³-hybridized carbons (Fsp3) is 0.900. The molecule has 0 aromatic rings. The number of hydrogen-bond donors (Lipinski definition) is 1. The number of rotatable bonds is 5. The Morgan fingerprint density at radius 1 is 1.25 bits per heavy atom. The monoisotopic (exact) mass is 166 g/mol. The highest BCUT2D eigenvalue weighted by atomic mass is 14.8. The fourth-order valence-corrected chi connectivity index (χ4v) is 1.87. The summed E-state index contributed by atoms with van der Waals surface area (Å²) < 4.78 is 0. The lowest BCUT2D eigenvalue weighted by Gasteiger charge is -2.08. The SMILES string of the molecule is N#CCCNCCC1CCCC1. The van der Waals surface area contributed by atoms with E-state index in [2.05, 4.69) is 11.4 Å². The Bertz CT molecular complexity index is 142. The first kappa shape index (κ1) is 9.54. The summed E-state index contributed by atoms with van der Waals surface area (Å²) in [6.45, 7) is 1.97. The quantitative estimate of drug-likeness (QED) is 0.635. The molecule has 2 nitrogen and oxygen atoms in total. The molecule has 12 heavy (non-hydrogen) atoms. The van der Waals surface area contributed by atoms with Gasteiger partial charge in [-0.3, -0.25) is 0 Å². The maximum Gasteiger partial charge on any atom is 0.0635 e. The molecule has 0 heterocycles. The summed E-state index contributed by atoms with van der Waals surface area (Å²) in [6, 6.07) is 2.13. The van der Waals surface area contributed by atoms with Gasteiger partial charge in [0, 0.05) is 13.0 Å². The van der Waals surface area contributed by atoms with Gasteiger partial charge in [0.15, 0.2) is 0 Å². The maximum atomic E-state index is 8.29. The first-order valence-electron chi connectivity index (χ1n) is 5.01. The molecule has 0 aliphatic heterocycles. The van der Waals surface area contributed by atoms with E-state index in [1.807, 2.05) is 0 Å². The molecule has 1 N–H and O–H groups in total. The Balaban J connectivity index is 1.85. The lowest BCUT2D eigenvalue weighted by Crippen LogP contribution is -2.18. The van der Waals surface area contributed by atoms with Gasteiger partial charge >= 0.3 is 0 Å². The van der Waals surface area contributed by atoms with Crippen molar-refractivity contribution >= 4 is 0 Å². The Labute approximate surface area is 75.0 Å². The average Bonchev–Trinajstić information content (AvgIpc) is 2.57. The number of nitrogens with zero attached hydrogens (tertiary/aromatic N) is 1. The first-order chi connectivity index (χ1) is 5.93. The predicted molar refractivity (Wildman–Crippen MR) is 49.7 cm³/mol. The standard InChI is InChI=1S/C10H18N2/c11-7-3-8-12-9-6-10-4-1-2-5-10/h10,12H,1-6,8-9H2. The lowest BCUT2D eigenvalue weighted by atomic mass is 10.0. The molecular weight excluding hydrogens is 148 g/mol. The zero-order valence-electron chi connectivity index (χ0n) is 7.68. The van der Waals surface area contributed by atoms with Crippen molar-refractivity contribution in [3.05, 3.63) is 0 Å². The summed E-state index contributed by atoms with van der Waals surface area (Å²) in [5.74, 6) is 0.972. The van der Waals surface area contributed by atoms with E-state index in [0.717, 1.165) is 19.0 Å². The topological polar surface area (TPSA) is 35.8 Å². The second-order valence-electron chi connectivity index (χ2n) is 3.60. The van der Waals surface area contributed by atoms with Crippen molar-refractivity contribution in [3.8, 4) is 6.07 Å². The number of nitriles is 1. The van der Waals surface area contributed by atoms with E-state index < -0.39 is 0 Å². The van der Waals surface area contributed by atoms with Gasteiger partial charge in [0.25, 0.3) is 0 Å². The van der Waals surface area contributed by atoms with Crippen LogP contribution in [0.5, 0.6) is 0 Å². The summed E-state index contributed by atoms with van der Waals surface area (Å²) in [5.41, 5.74) is 0. The van der Waals surface area contributed by atoms with Crippen LogP contribution in [0.25, 0.3) is 0 Å². The van der Waals surface area contributed by atoms with Crippen molar-refractivity contribution in [2.75, 3.05) is 13.1 Å². The molecule has 1 rings (SSSR count). The van der Waals surface area contributed by atoms with Crippen molar-refractivity contribution in [1.29, 1.82) is 5.26 Å². The minimum Gasteiger partial charge on any atom is -0.316 e. The smallest absolute Gasteiger partial charge is 0.0635 e. The summed E-state index contributed by atoms with van der Waals surface area (Å²) in [6.07, 6.45) is 7.68. The molecule has 0 amide bonds. The Morgan fingerprint density at radius 2 is 2.00 bits per heavy atom. The van der Waals surface area contributed by atoms with Gasteiger partial charge in [-0.25, -0.2) is 0 Å². The molecule has 68 valence electrons. The zero-order valence-corrected chi connectivity index (χ0v) is 7.68. The van der Waals surface area contributed by atoms with Crippen LogP contribution in [0.4, 0.5) is 0 Å². The minimum atomic E-state index is 0.644. The van der Waals surface area contributed by atoms with Crippen LogP contribution in [0.1, 0.15) is 38.5 Å². The van der Waals surface area contributed by atoms with Crippen LogP contribution < -0.4 is 5.32 Å². The van der Waals surface area contributed by atoms with E-state index in [0.29, 0.717) is 6.42 Å². The highest BCUT2D eigenvalue weighted by Crippen LogP contribution is 2.26. The van der Waals surface area contributed by atoms with Gasteiger partial charge < -0.3 is 5.32 Å². The summed E-state index contributed by atoms with van der Waals surface area (Å²) in [7, 11) is 0. The minimum absolute atomic E-state index is 0.644. The first-order valence-corrected chi connectivity index (χ1v) is 5.01. The molecule has 0 spiro atoms. The van der Waals surface area contributed by atoms with Crippen molar-refractivity contribution < 1.29 is 0 Å². The third-order valence-corrected chi connectivity index (χ3v) is 2.62.